The van der Waals surface area contributed by atoms with Gasteiger partial charge in [-0.25, -0.2) is 0 Å². The Balaban J connectivity index is 1.60. The highest BCUT2D eigenvalue weighted by Crippen LogP contribution is 2.21. The van der Waals surface area contributed by atoms with Gasteiger partial charge in [-0.2, -0.15) is 0 Å². The standard InChI is InChI=1S/C20H16Cl2N2O2/c21-15-7-8-19(22)18(11-15)20(25)24-12-14-4-3-6-17(10-14)26-13-16-5-1-2-9-23-16/h1-11H,12-13H2,(H,24,25). The molecule has 0 radical (unpaired) electrons. The van der Waals surface area contributed by atoms with Crippen LogP contribution < -0.4 is 10.1 Å². The zero-order valence-corrected chi connectivity index (χ0v) is 15.3. The fourth-order valence-corrected chi connectivity index (χ4v) is 2.71. The van der Waals surface area contributed by atoms with E-state index < -0.39 is 0 Å². The second-order valence-electron chi connectivity index (χ2n) is 5.56. The molecule has 1 heterocycles. The van der Waals surface area contributed by atoms with Crippen molar-refractivity contribution in [3.8, 4) is 5.75 Å². The molecule has 3 rings (SSSR count). The molecular formula is C20H16Cl2N2O2. The zero-order chi connectivity index (χ0) is 18.4. The van der Waals surface area contributed by atoms with Crippen molar-refractivity contribution < 1.29 is 9.53 Å². The molecule has 0 saturated heterocycles. The number of aromatic nitrogens is 1. The van der Waals surface area contributed by atoms with E-state index in [1.807, 2.05) is 42.5 Å². The summed E-state index contributed by atoms with van der Waals surface area (Å²) >= 11 is 12.0. The minimum absolute atomic E-state index is 0.280. The predicted octanol–water partition coefficient (Wildman–Crippen LogP) is 4.90. The van der Waals surface area contributed by atoms with Gasteiger partial charge in [0.1, 0.15) is 12.4 Å². The second-order valence-corrected chi connectivity index (χ2v) is 6.41. The van der Waals surface area contributed by atoms with Gasteiger partial charge in [0.25, 0.3) is 5.91 Å². The summed E-state index contributed by atoms with van der Waals surface area (Å²) in [6.07, 6.45) is 1.73. The van der Waals surface area contributed by atoms with Crippen LogP contribution in [0.5, 0.6) is 5.75 Å². The Bertz CT molecular complexity index is 901. The van der Waals surface area contributed by atoms with Crippen LogP contribution in [0, 0.1) is 0 Å². The smallest absolute Gasteiger partial charge is 0.253 e. The number of nitrogens with zero attached hydrogens (tertiary/aromatic N) is 1. The van der Waals surface area contributed by atoms with E-state index in [1.165, 1.54) is 0 Å². The molecule has 6 heteroatoms. The van der Waals surface area contributed by atoms with Gasteiger partial charge in [0, 0.05) is 17.8 Å². The maximum atomic E-state index is 12.3. The molecule has 3 aromatic rings. The first-order valence-electron chi connectivity index (χ1n) is 7.97. The fraction of sp³-hybridized carbons (Fsp3) is 0.100. The number of pyridine rings is 1. The van der Waals surface area contributed by atoms with Gasteiger partial charge >= 0.3 is 0 Å². The van der Waals surface area contributed by atoms with Crippen molar-refractivity contribution in [2.75, 3.05) is 0 Å². The quantitative estimate of drug-likeness (QED) is 0.655. The molecule has 1 aromatic heterocycles. The Hall–Kier alpha value is -2.56. The molecule has 2 aromatic carbocycles. The Labute approximate surface area is 161 Å². The van der Waals surface area contributed by atoms with Crippen molar-refractivity contribution in [1.29, 1.82) is 0 Å². The predicted molar refractivity (Wildman–Crippen MR) is 103 cm³/mol. The summed E-state index contributed by atoms with van der Waals surface area (Å²) in [6.45, 7) is 0.733. The van der Waals surface area contributed by atoms with Crippen LogP contribution in [-0.2, 0) is 13.2 Å². The summed E-state index contributed by atoms with van der Waals surface area (Å²) in [6, 6.07) is 18.0. The van der Waals surface area contributed by atoms with E-state index >= 15 is 0 Å². The number of nitrogens with one attached hydrogen (secondary N) is 1. The van der Waals surface area contributed by atoms with Gasteiger partial charge in [-0.1, -0.05) is 41.4 Å². The molecule has 0 aliphatic carbocycles. The number of carbonyl (C=O) groups excluding carboxylic acids is 1. The first-order chi connectivity index (χ1) is 12.6. The molecule has 0 bridgehead atoms. The van der Waals surface area contributed by atoms with Crippen LogP contribution in [0.15, 0.2) is 66.9 Å². The van der Waals surface area contributed by atoms with E-state index in [9.17, 15) is 4.79 Å². The Kier molecular flexibility index (Phi) is 6.10. The van der Waals surface area contributed by atoms with E-state index in [0.29, 0.717) is 34.5 Å². The van der Waals surface area contributed by atoms with E-state index in [1.54, 1.807) is 24.4 Å². The van der Waals surface area contributed by atoms with Gasteiger partial charge in [-0.05, 0) is 48.0 Å². The van der Waals surface area contributed by atoms with Crippen molar-refractivity contribution in [2.45, 2.75) is 13.2 Å². The summed E-state index contributed by atoms with van der Waals surface area (Å²) in [4.78, 5) is 16.5. The highest BCUT2D eigenvalue weighted by Gasteiger charge is 2.11. The third-order valence-corrected chi connectivity index (χ3v) is 4.20. The lowest BCUT2D eigenvalue weighted by Gasteiger charge is -2.10. The molecule has 26 heavy (non-hydrogen) atoms. The summed E-state index contributed by atoms with van der Waals surface area (Å²) in [7, 11) is 0. The highest BCUT2D eigenvalue weighted by molar-refractivity contribution is 6.35. The number of benzene rings is 2. The topological polar surface area (TPSA) is 51.2 Å². The minimum Gasteiger partial charge on any atom is -0.487 e. The van der Waals surface area contributed by atoms with Crippen molar-refractivity contribution in [3.63, 3.8) is 0 Å². The Morgan fingerprint density at radius 2 is 1.92 bits per heavy atom. The number of halogens is 2. The third-order valence-electron chi connectivity index (χ3n) is 3.64. The molecule has 4 nitrogen and oxygen atoms in total. The largest absolute Gasteiger partial charge is 0.487 e. The number of ether oxygens (including phenoxy) is 1. The molecular weight excluding hydrogens is 371 g/mol. The molecule has 0 fully saturated rings. The van der Waals surface area contributed by atoms with Crippen LogP contribution in [-0.4, -0.2) is 10.9 Å². The Morgan fingerprint density at radius 3 is 2.73 bits per heavy atom. The molecule has 0 saturated carbocycles. The minimum atomic E-state index is -0.280. The van der Waals surface area contributed by atoms with Gasteiger partial charge in [-0.15, -0.1) is 0 Å². The summed E-state index contributed by atoms with van der Waals surface area (Å²) in [5, 5.41) is 3.66. The lowest BCUT2D eigenvalue weighted by Crippen LogP contribution is -2.23. The molecule has 1 N–H and O–H groups in total. The zero-order valence-electron chi connectivity index (χ0n) is 13.8. The van der Waals surface area contributed by atoms with Gasteiger partial charge in [0.15, 0.2) is 0 Å². The van der Waals surface area contributed by atoms with E-state index in [4.69, 9.17) is 27.9 Å². The average molecular weight is 387 g/mol. The molecule has 0 aliphatic heterocycles. The van der Waals surface area contributed by atoms with Crippen LogP contribution >= 0.6 is 23.2 Å². The average Bonchev–Trinajstić information content (AvgIpc) is 2.67. The van der Waals surface area contributed by atoms with Crippen LogP contribution in [0.1, 0.15) is 21.6 Å². The molecule has 0 unspecified atom stereocenters. The number of hydrogen-bond donors (Lipinski definition) is 1. The van der Waals surface area contributed by atoms with Gasteiger partial charge in [-0.3, -0.25) is 9.78 Å². The normalized spacial score (nSPS) is 10.4. The van der Waals surface area contributed by atoms with Gasteiger partial charge < -0.3 is 10.1 Å². The number of hydrogen-bond acceptors (Lipinski definition) is 3. The van der Waals surface area contributed by atoms with E-state index in [-0.39, 0.29) is 5.91 Å². The van der Waals surface area contributed by atoms with Crippen molar-refractivity contribution in [1.82, 2.24) is 10.3 Å². The van der Waals surface area contributed by atoms with Gasteiger partial charge in [0.05, 0.1) is 16.3 Å². The van der Waals surface area contributed by atoms with Crippen LogP contribution in [0.25, 0.3) is 0 Å². The van der Waals surface area contributed by atoms with Crippen molar-refractivity contribution in [2.24, 2.45) is 0 Å². The summed E-state index contributed by atoms with van der Waals surface area (Å²) in [5.41, 5.74) is 2.11. The molecule has 0 spiro atoms. The van der Waals surface area contributed by atoms with Crippen molar-refractivity contribution >= 4 is 29.1 Å². The van der Waals surface area contributed by atoms with E-state index in [2.05, 4.69) is 10.3 Å². The van der Waals surface area contributed by atoms with Crippen LogP contribution in [0.3, 0.4) is 0 Å². The fourth-order valence-electron chi connectivity index (χ4n) is 2.34. The second kappa shape index (κ2) is 8.70. The number of rotatable bonds is 6. The Morgan fingerprint density at radius 1 is 1.04 bits per heavy atom. The monoisotopic (exact) mass is 386 g/mol. The third kappa shape index (κ3) is 4.97. The molecule has 1 amide bonds. The SMILES string of the molecule is O=C(NCc1cccc(OCc2ccccn2)c1)c1cc(Cl)ccc1Cl. The van der Waals surface area contributed by atoms with Gasteiger partial charge in [0.2, 0.25) is 0 Å². The first kappa shape index (κ1) is 18.2. The summed E-state index contributed by atoms with van der Waals surface area (Å²) in [5.74, 6) is 0.431. The highest BCUT2D eigenvalue weighted by atomic mass is 35.5. The maximum Gasteiger partial charge on any atom is 0.253 e. The molecule has 0 aliphatic rings. The lowest BCUT2D eigenvalue weighted by molar-refractivity contribution is 0.0951. The maximum absolute atomic E-state index is 12.3. The molecule has 0 atom stereocenters. The van der Waals surface area contributed by atoms with Crippen LogP contribution in [0.4, 0.5) is 0 Å². The first-order valence-corrected chi connectivity index (χ1v) is 8.72. The number of amides is 1. The summed E-state index contributed by atoms with van der Waals surface area (Å²) < 4.78 is 5.75. The van der Waals surface area contributed by atoms with Crippen molar-refractivity contribution in [3.05, 3.63) is 93.7 Å². The number of carbonyl (C=O) groups is 1. The van der Waals surface area contributed by atoms with E-state index in [0.717, 1.165) is 11.3 Å². The van der Waals surface area contributed by atoms with Crippen LogP contribution in [0.2, 0.25) is 10.0 Å². The molecule has 132 valence electrons. The lowest BCUT2D eigenvalue weighted by atomic mass is 10.2.